The van der Waals surface area contributed by atoms with Crippen molar-refractivity contribution in [3.8, 4) is 11.5 Å². The fourth-order valence-corrected chi connectivity index (χ4v) is 4.86. The van der Waals surface area contributed by atoms with Crippen molar-refractivity contribution in [2.24, 2.45) is 0 Å². The van der Waals surface area contributed by atoms with Gasteiger partial charge in [-0.3, -0.25) is 4.57 Å². The Bertz CT molecular complexity index is 1150. The molecule has 2 aromatic carbocycles. The molecule has 2 atom stereocenters. The summed E-state index contributed by atoms with van der Waals surface area (Å²) in [5, 5.41) is 13.6. The molecule has 0 spiro atoms. The number of aliphatic hydroxyl groups is 1. The van der Waals surface area contributed by atoms with E-state index in [1.54, 1.807) is 32.0 Å². The monoisotopic (exact) mass is 507 g/mol. The van der Waals surface area contributed by atoms with E-state index in [-0.39, 0.29) is 37.9 Å². The molecule has 2 unspecified atom stereocenters. The molecule has 3 rings (SSSR count). The summed E-state index contributed by atoms with van der Waals surface area (Å²) < 4.78 is 34.3. The number of fused-ring (bicyclic) bond motifs is 1. The Balaban J connectivity index is 1.41. The Hall–Kier alpha value is -2.62. The van der Waals surface area contributed by atoms with E-state index < -0.39 is 13.7 Å². The predicted octanol–water partition coefficient (Wildman–Crippen LogP) is 3.42. The molecule has 35 heavy (non-hydrogen) atoms. The number of imidazole rings is 1. The van der Waals surface area contributed by atoms with Gasteiger partial charge in [0, 0.05) is 12.6 Å². The van der Waals surface area contributed by atoms with E-state index >= 15 is 0 Å². The maximum Gasteiger partial charge on any atom is 0.367 e. The number of aliphatic hydroxyl groups excluding tert-OH is 1. The lowest BCUT2D eigenvalue weighted by Crippen LogP contribution is -2.37. The second kappa shape index (κ2) is 12.9. The molecule has 1 aromatic heterocycles. The van der Waals surface area contributed by atoms with E-state index in [4.69, 9.17) is 18.5 Å². The molecule has 11 heteroatoms. The van der Waals surface area contributed by atoms with E-state index in [1.165, 1.54) is 0 Å². The lowest BCUT2D eigenvalue weighted by Gasteiger charge is -2.19. The lowest BCUT2D eigenvalue weighted by molar-refractivity contribution is 0.105. The summed E-state index contributed by atoms with van der Waals surface area (Å²) in [5.41, 5.74) is 2.02. The zero-order chi connectivity index (χ0) is 25.3. The maximum atomic E-state index is 12.5. The third-order valence-electron chi connectivity index (χ3n) is 5.15. The Labute approximate surface area is 204 Å². The van der Waals surface area contributed by atoms with E-state index in [1.807, 2.05) is 31.2 Å². The van der Waals surface area contributed by atoms with Crippen molar-refractivity contribution in [2.75, 3.05) is 32.7 Å². The molecule has 0 saturated carbocycles. The van der Waals surface area contributed by atoms with Gasteiger partial charge in [-0.05, 0) is 57.0 Å². The maximum absolute atomic E-state index is 12.5. The first-order valence-electron chi connectivity index (χ1n) is 11.7. The summed E-state index contributed by atoms with van der Waals surface area (Å²) >= 11 is 0. The molecule has 0 fully saturated rings. The van der Waals surface area contributed by atoms with Crippen LogP contribution in [0.1, 0.15) is 26.3 Å². The van der Waals surface area contributed by atoms with Crippen LogP contribution < -0.4 is 20.5 Å². The van der Waals surface area contributed by atoms with Gasteiger partial charge in [-0.1, -0.05) is 18.2 Å². The summed E-state index contributed by atoms with van der Waals surface area (Å²) in [6, 6.07) is 12.9. The third-order valence-corrected chi connectivity index (χ3v) is 6.90. The lowest BCUT2D eigenvalue weighted by atomic mass is 10.1. The number of aromatic nitrogens is 2. The number of aromatic amines is 2. The average molecular weight is 508 g/mol. The van der Waals surface area contributed by atoms with Gasteiger partial charge < -0.3 is 38.9 Å². The SMILES string of the molecule is CCOP(=O)(COc1ccc(CC(C)NCC(O)COc2cccc3[nH]c(=O)[nH]c23)cc1)OCC. The number of rotatable bonds is 15. The summed E-state index contributed by atoms with van der Waals surface area (Å²) in [4.78, 5) is 16.9. The predicted molar refractivity (Wildman–Crippen MR) is 134 cm³/mol. The quantitative estimate of drug-likeness (QED) is 0.230. The summed E-state index contributed by atoms with van der Waals surface area (Å²) in [5.74, 6) is 1.09. The van der Waals surface area contributed by atoms with Crippen LogP contribution in [0.2, 0.25) is 0 Å². The topological polar surface area (TPSA) is 135 Å². The Morgan fingerprint density at radius 2 is 1.74 bits per heavy atom. The van der Waals surface area contributed by atoms with Crippen LogP contribution >= 0.6 is 7.60 Å². The van der Waals surface area contributed by atoms with Crippen LogP contribution in [-0.4, -0.2) is 59.9 Å². The molecule has 192 valence electrons. The highest BCUT2D eigenvalue weighted by molar-refractivity contribution is 7.53. The second-order valence-electron chi connectivity index (χ2n) is 8.10. The number of H-pyrrole nitrogens is 2. The zero-order valence-electron chi connectivity index (χ0n) is 20.3. The molecular formula is C24H34N3O7P. The van der Waals surface area contributed by atoms with Crippen LogP contribution in [0.3, 0.4) is 0 Å². The van der Waals surface area contributed by atoms with Gasteiger partial charge in [-0.25, -0.2) is 4.79 Å². The van der Waals surface area contributed by atoms with Gasteiger partial charge in [0.05, 0.1) is 18.7 Å². The molecule has 0 aliphatic rings. The first kappa shape index (κ1) is 27.0. The van der Waals surface area contributed by atoms with E-state index in [2.05, 4.69) is 15.3 Å². The molecule has 4 N–H and O–H groups in total. The van der Waals surface area contributed by atoms with E-state index in [0.29, 0.717) is 29.1 Å². The normalized spacial score (nSPS) is 13.6. The van der Waals surface area contributed by atoms with Gasteiger partial charge >= 0.3 is 13.3 Å². The second-order valence-corrected chi connectivity index (χ2v) is 10.1. The standard InChI is InChI=1S/C24H34N3O7P/c1-4-33-35(30,34-5-2)16-32-20-11-9-18(10-12-20)13-17(3)25-14-19(28)15-31-22-8-6-7-21-23(22)27-24(29)26-21/h6-12,17,19,25,28H,4-5,13-16H2,1-3H3,(H2,26,27,29). The number of hydrogen-bond acceptors (Lipinski definition) is 8. The minimum atomic E-state index is -3.26. The summed E-state index contributed by atoms with van der Waals surface area (Å²) in [6.07, 6.45) is -0.116. The van der Waals surface area contributed by atoms with Crippen LogP contribution in [0.15, 0.2) is 47.3 Å². The van der Waals surface area contributed by atoms with Crippen molar-refractivity contribution in [3.63, 3.8) is 0 Å². The fraction of sp³-hybridized carbons (Fsp3) is 0.458. The van der Waals surface area contributed by atoms with Crippen LogP contribution in [-0.2, 0) is 20.0 Å². The van der Waals surface area contributed by atoms with Crippen molar-refractivity contribution in [3.05, 3.63) is 58.5 Å². The number of hydrogen-bond donors (Lipinski definition) is 4. The molecule has 0 saturated heterocycles. The van der Waals surface area contributed by atoms with Crippen LogP contribution in [0.5, 0.6) is 11.5 Å². The molecule has 0 aliphatic heterocycles. The van der Waals surface area contributed by atoms with Gasteiger partial charge in [0.25, 0.3) is 0 Å². The molecule has 10 nitrogen and oxygen atoms in total. The van der Waals surface area contributed by atoms with Crippen LogP contribution in [0, 0.1) is 0 Å². The zero-order valence-corrected chi connectivity index (χ0v) is 21.2. The molecule has 3 aromatic rings. The first-order valence-corrected chi connectivity index (χ1v) is 13.4. The van der Waals surface area contributed by atoms with Gasteiger partial charge in [-0.15, -0.1) is 0 Å². The molecule has 0 amide bonds. The van der Waals surface area contributed by atoms with Crippen molar-refractivity contribution in [2.45, 2.75) is 39.3 Å². The highest BCUT2D eigenvalue weighted by atomic mass is 31.2. The number of benzene rings is 2. The van der Waals surface area contributed by atoms with Crippen molar-refractivity contribution in [1.29, 1.82) is 0 Å². The van der Waals surface area contributed by atoms with E-state index in [0.717, 1.165) is 12.0 Å². The Morgan fingerprint density at radius 3 is 2.43 bits per heavy atom. The average Bonchev–Trinajstić information content (AvgIpc) is 3.22. The number of ether oxygens (including phenoxy) is 2. The van der Waals surface area contributed by atoms with Gasteiger partial charge in [0.1, 0.15) is 29.7 Å². The summed E-state index contributed by atoms with van der Waals surface area (Å²) in [6.45, 7) is 6.56. The molecule has 0 bridgehead atoms. The Morgan fingerprint density at radius 1 is 1.03 bits per heavy atom. The van der Waals surface area contributed by atoms with Gasteiger partial charge in [-0.2, -0.15) is 0 Å². The molecular weight excluding hydrogens is 473 g/mol. The highest BCUT2D eigenvalue weighted by Gasteiger charge is 2.24. The molecule has 1 heterocycles. The first-order chi connectivity index (χ1) is 16.8. The molecule has 0 radical (unpaired) electrons. The number of para-hydroxylation sites is 1. The van der Waals surface area contributed by atoms with Crippen molar-refractivity contribution < 1.29 is 28.2 Å². The van der Waals surface area contributed by atoms with Gasteiger partial charge in [0.15, 0.2) is 6.35 Å². The number of nitrogens with one attached hydrogen (secondary N) is 3. The fourth-order valence-electron chi connectivity index (χ4n) is 3.54. The van der Waals surface area contributed by atoms with Crippen LogP contribution in [0.4, 0.5) is 0 Å². The largest absolute Gasteiger partial charge is 0.489 e. The Kier molecular flexibility index (Phi) is 9.94. The van der Waals surface area contributed by atoms with E-state index in [9.17, 15) is 14.5 Å². The third kappa shape index (κ3) is 8.23. The van der Waals surface area contributed by atoms with Crippen molar-refractivity contribution >= 4 is 18.6 Å². The molecule has 0 aliphatic carbocycles. The van der Waals surface area contributed by atoms with Crippen LogP contribution in [0.25, 0.3) is 11.0 Å². The van der Waals surface area contributed by atoms with Crippen molar-refractivity contribution in [1.82, 2.24) is 15.3 Å². The highest BCUT2D eigenvalue weighted by Crippen LogP contribution is 2.47. The minimum Gasteiger partial charge on any atom is -0.489 e. The summed E-state index contributed by atoms with van der Waals surface area (Å²) in [7, 11) is -3.26. The minimum absolute atomic E-state index is 0.0887. The van der Waals surface area contributed by atoms with Gasteiger partial charge in [0.2, 0.25) is 0 Å². The smallest absolute Gasteiger partial charge is 0.367 e.